The summed E-state index contributed by atoms with van der Waals surface area (Å²) in [6.45, 7) is 8.21. The van der Waals surface area contributed by atoms with Crippen molar-refractivity contribution in [1.29, 1.82) is 5.26 Å². The standard InChI is InChI=1S/C29H25N5O2/c1-18-7-12-25(19(2)14-18)34-20(3)15-24(32-34)27-21(4)31-28-26(6-5-13-33(28)29(27)35)36-17-23-10-8-22(16-30)9-11-23/h5-15H,17H2,1-4H3. The van der Waals surface area contributed by atoms with Crippen LogP contribution in [0.1, 0.15) is 33.6 Å². The number of nitriles is 1. The Morgan fingerprint density at radius 3 is 2.50 bits per heavy atom. The Hall–Kier alpha value is -4.70. The molecule has 5 aromatic rings. The summed E-state index contributed by atoms with van der Waals surface area (Å²) in [5.41, 5.74) is 7.59. The van der Waals surface area contributed by atoms with Crippen molar-refractivity contribution in [1.82, 2.24) is 19.2 Å². The van der Waals surface area contributed by atoms with E-state index in [9.17, 15) is 4.79 Å². The Labute approximate surface area is 208 Å². The van der Waals surface area contributed by atoms with Crippen LogP contribution in [0.4, 0.5) is 0 Å². The third-order valence-corrected chi connectivity index (χ3v) is 6.20. The van der Waals surface area contributed by atoms with Gasteiger partial charge in [-0.1, -0.05) is 29.8 Å². The maximum Gasteiger partial charge on any atom is 0.267 e. The number of benzene rings is 2. The van der Waals surface area contributed by atoms with Gasteiger partial charge in [-0.15, -0.1) is 0 Å². The Bertz CT molecular complexity index is 1710. The van der Waals surface area contributed by atoms with E-state index in [1.807, 2.05) is 42.8 Å². The van der Waals surface area contributed by atoms with E-state index in [4.69, 9.17) is 20.1 Å². The fraction of sp³-hybridized carbons (Fsp3) is 0.172. The molecule has 0 unspecified atom stereocenters. The Morgan fingerprint density at radius 2 is 1.78 bits per heavy atom. The van der Waals surface area contributed by atoms with Gasteiger partial charge < -0.3 is 4.74 Å². The van der Waals surface area contributed by atoms with E-state index in [0.29, 0.717) is 40.5 Å². The zero-order chi connectivity index (χ0) is 25.4. The van der Waals surface area contributed by atoms with E-state index in [2.05, 4.69) is 32.0 Å². The highest BCUT2D eigenvalue weighted by Crippen LogP contribution is 2.25. The van der Waals surface area contributed by atoms with Crippen LogP contribution in [0, 0.1) is 39.0 Å². The second kappa shape index (κ2) is 9.16. The SMILES string of the molecule is Cc1ccc(-n2nc(-c3c(C)nc4c(OCc5ccc(C#N)cc5)cccn4c3=O)cc2C)c(C)c1. The van der Waals surface area contributed by atoms with Gasteiger partial charge in [-0.25, -0.2) is 9.67 Å². The zero-order valence-electron chi connectivity index (χ0n) is 20.6. The second-order valence-corrected chi connectivity index (χ2v) is 8.91. The summed E-state index contributed by atoms with van der Waals surface area (Å²) in [5, 5.41) is 13.8. The number of aryl methyl sites for hydroxylation is 4. The number of hydrogen-bond donors (Lipinski definition) is 0. The summed E-state index contributed by atoms with van der Waals surface area (Å²) in [6.07, 6.45) is 1.69. The van der Waals surface area contributed by atoms with Crippen LogP contribution in [0.5, 0.6) is 5.75 Å². The highest BCUT2D eigenvalue weighted by atomic mass is 16.5. The molecule has 0 fully saturated rings. The van der Waals surface area contributed by atoms with E-state index in [0.717, 1.165) is 22.5 Å². The van der Waals surface area contributed by atoms with Crippen LogP contribution in [0.15, 0.2) is 71.7 Å². The van der Waals surface area contributed by atoms with Crippen molar-refractivity contribution in [3.8, 4) is 28.8 Å². The van der Waals surface area contributed by atoms with E-state index < -0.39 is 0 Å². The minimum Gasteiger partial charge on any atom is -0.485 e. The molecule has 7 heteroatoms. The lowest BCUT2D eigenvalue weighted by Gasteiger charge is -2.12. The second-order valence-electron chi connectivity index (χ2n) is 8.91. The molecule has 0 N–H and O–H groups in total. The van der Waals surface area contributed by atoms with E-state index in [1.165, 1.54) is 9.96 Å². The molecule has 0 aliphatic carbocycles. The Balaban J connectivity index is 1.53. The normalized spacial score (nSPS) is 11.0. The van der Waals surface area contributed by atoms with Crippen molar-refractivity contribution in [2.75, 3.05) is 0 Å². The molecule has 3 aromatic heterocycles. The van der Waals surface area contributed by atoms with E-state index in [1.54, 1.807) is 30.5 Å². The molecule has 7 nitrogen and oxygen atoms in total. The number of aromatic nitrogens is 4. The molecule has 178 valence electrons. The summed E-state index contributed by atoms with van der Waals surface area (Å²) in [5.74, 6) is 0.505. The van der Waals surface area contributed by atoms with Gasteiger partial charge in [0.2, 0.25) is 0 Å². The zero-order valence-corrected chi connectivity index (χ0v) is 20.6. The molecule has 0 bridgehead atoms. The predicted octanol–water partition coefficient (Wildman–Crippen LogP) is 5.23. The first-order valence-electron chi connectivity index (χ1n) is 11.6. The van der Waals surface area contributed by atoms with E-state index >= 15 is 0 Å². The largest absolute Gasteiger partial charge is 0.485 e. The molecule has 0 atom stereocenters. The fourth-order valence-electron chi connectivity index (χ4n) is 4.37. The summed E-state index contributed by atoms with van der Waals surface area (Å²) in [4.78, 5) is 18.3. The maximum absolute atomic E-state index is 13.6. The number of fused-ring (bicyclic) bond motifs is 1. The smallest absolute Gasteiger partial charge is 0.267 e. The summed E-state index contributed by atoms with van der Waals surface area (Å²) >= 11 is 0. The molecule has 0 radical (unpaired) electrons. The summed E-state index contributed by atoms with van der Waals surface area (Å²) in [6, 6.07) is 21.0. The van der Waals surface area contributed by atoms with Gasteiger partial charge in [0.1, 0.15) is 12.3 Å². The molecular formula is C29H25N5O2. The number of rotatable bonds is 5. The van der Waals surface area contributed by atoms with Crippen molar-refractivity contribution in [2.24, 2.45) is 0 Å². The van der Waals surface area contributed by atoms with Crippen LogP contribution in [0.25, 0.3) is 22.6 Å². The molecule has 2 aromatic carbocycles. The first-order chi connectivity index (χ1) is 17.4. The van der Waals surface area contributed by atoms with Gasteiger partial charge in [-0.2, -0.15) is 10.4 Å². The number of hydrogen-bond acceptors (Lipinski definition) is 5. The number of nitrogens with zero attached hydrogens (tertiary/aromatic N) is 5. The van der Waals surface area contributed by atoms with Gasteiger partial charge in [0, 0.05) is 11.9 Å². The van der Waals surface area contributed by atoms with E-state index in [-0.39, 0.29) is 5.56 Å². The molecule has 0 spiro atoms. The van der Waals surface area contributed by atoms with Crippen LogP contribution in [-0.4, -0.2) is 19.2 Å². The molecule has 0 saturated carbocycles. The summed E-state index contributed by atoms with van der Waals surface area (Å²) < 4.78 is 9.39. The molecular weight excluding hydrogens is 450 g/mol. The van der Waals surface area contributed by atoms with Gasteiger partial charge in [0.15, 0.2) is 11.4 Å². The van der Waals surface area contributed by atoms with Crippen molar-refractivity contribution in [3.63, 3.8) is 0 Å². The third kappa shape index (κ3) is 4.14. The van der Waals surface area contributed by atoms with Crippen molar-refractivity contribution in [2.45, 2.75) is 34.3 Å². The minimum atomic E-state index is -0.202. The molecule has 3 heterocycles. The predicted molar refractivity (Wildman–Crippen MR) is 138 cm³/mol. The molecule has 36 heavy (non-hydrogen) atoms. The molecule has 0 aliphatic rings. The Kier molecular flexibility index (Phi) is 5.87. The summed E-state index contributed by atoms with van der Waals surface area (Å²) in [7, 11) is 0. The molecule has 0 saturated heterocycles. The quantitative estimate of drug-likeness (QED) is 0.347. The van der Waals surface area contributed by atoms with Crippen LogP contribution in [0.2, 0.25) is 0 Å². The molecule has 5 rings (SSSR count). The van der Waals surface area contributed by atoms with Crippen LogP contribution in [0.3, 0.4) is 0 Å². The third-order valence-electron chi connectivity index (χ3n) is 6.20. The highest BCUT2D eigenvalue weighted by molar-refractivity contribution is 5.66. The average molecular weight is 476 g/mol. The minimum absolute atomic E-state index is 0.202. The maximum atomic E-state index is 13.6. The monoisotopic (exact) mass is 475 g/mol. The van der Waals surface area contributed by atoms with Crippen molar-refractivity contribution in [3.05, 3.63) is 111 Å². The lowest BCUT2D eigenvalue weighted by atomic mass is 10.1. The highest BCUT2D eigenvalue weighted by Gasteiger charge is 2.19. The average Bonchev–Trinajstić information content (AvgIpc) is 3.23. The van der Waals surface area contributed by atoms with Gasteiger partial charge in [0.05, 0.1) is 28.6 Å². The van der Waals surface area contributed by atoms with Crippen LogP contribution in [-0.2, 0) is 6.61 Å². The van der Waals surface area contributed by atoms with Crippen LogP contribution >= 0.6 is 0 Å². The first-order valence-corrected chi connectivity index (χ1v) is 11.6. The Morgan fingerprint density at radius 1 is 1.00 bits per heavy atom. The van der Waals surface area contributed by atoms with Gasteiger partial charge in [-0.3, -0.25) is 9.20 Å². The topological polar surface area (TPSA) is 85.2 Å². The van der Waals surface area contributed by atoms with Crippen LogP contribution < -0.4 is 10.3 Å². The number of pyridine rings is 1. The fourth-order valence-corrected chi connectivity index (χ4v) is 4.37. The molecule has 0 amide bonds. The van der Waals surface area contributed by atoms with Gasteiger partial charge in [-0.05, 0) is 75.2 Å². The van der Waals surface area contributed by atoms with Crippen molar-refractivity contribution >= 4 is 5.65 Å². The van der Waals surface area contributed by atoms with Crippen molar-refractivity contribution < 1.29 is 4.74 Å². The molecule has 0 aliphatic heterocycles. The number of ether oxygens (including phenoxy) is 1. The van der Waals surface area contributed by atoms with Gasteiger partial charge >= 0.3 is 0 Å². The lowest BCUT2D eigenvalue weighted by molar-refractivity contribution is 0.308. The van der Waals surface area contributed by atoms with Gasteiger partial charge in [0.25, 0.3) is 5.56 Å². The first kappa shape index (κ1) is 23.1. The lowest BCUT2D eigenvalue weighted by Crippen LogP contribution is -2.19.